The van der Waals surface area contributed by atoms with Gasteiger partial charge in [-0.3, -0.25) is 9.59 Å². The minimum Gasteiger partial charge on any atom is -0.354 e. The summed E-state index contributed by atoms with van der Waals surface area (Å²) < 4.78 is 0. The van der Waals surface area contributed by atoms with Gasteiger partial charge in [0.15, 0.2) is 0 Å². The molecule has 2 amide bonds. The lowest BCUT2D eigenvalue weighted by Crippen LogP contribution is -2.53. The molecule has 1 unspecified atom stereocenters. The van der Waals surface area contributed by atoms with Gasteiger partial charge in [0.25, 0.3) is 5.91 Å². The summed E-state index contributed by atoms with van der Waals surface area (Å²) in [6, 6.07) is 17.3. The number of anilines is 1. The Kier molecular flexibility index (Phi) is 8.03. The monoisotopic (exact) mass is 434 g/mol. The average molecular weight is 435 g/mol. The van der Waals surface area contributed by atoms with Crippen LogP contribution in [0.25, 0.3) is 0 Å². The summed E-state index contributed by atoms with van der Waals surface area (Å²) in [4.78, 5) is 25.5. The minimum absolute atomic E-state index is 0.0273. The summed E-state index contributed by atoms with van der Waals surface area (Å²) in [6.07, 6.45) is 4.47. The molecule has 6 heteroatoms. The summed E-state index contributed by atoms with van der Waals surface area (Å²) in [5.74, 6) is -0.0927. The van der Waals surface area contributed by atoms with Gasteiger partial charge in [-0.2, -0.15) is 5.10 Å². The summed E-state index contributed by atoms with van der Waals surface area (Å²) in [5, 5.41) is 12.7. The molecule has 0 radical (unpaired) electrons. The molecule has 1 aliphatic rings. The normalized spacial score (nSPS) is 17.7. The van der Waals surface area contributed by atoms with Crippen LogP contribution >= 0.6 is 0 Å². The van der Waals surface area contributed by atoms with E-state index in [1.54, 1.807) is 0 Å². The molecule has 0 saturated heterocycles. The molecule has 6 nitrogen and oxygen atoms in total. The molecule has 1 heterocycles. The molecule has 3 rings (SSSR count). The van der Waals surface area contributed by atoms with Crippen molar-refractivity contribution in [3.8, 4) is 0 Å². The van der Waals surface area contributed by atoms with Gasteiger partial charge < -0.3 is 10.6 Å². The largest absolute Gasteiger partial charge is 0.354 e. The maximum atomic E-state index is 13.2. The zero-order chi connectivity index (χ0) is 23.0. The fraction of sp³-hybridized carbons (Fsp3) is 0.423. The number of carbonyl (C=O) groups is 2. The highest BCUT2D eigenvalue weighted by atomic mass is 16.2. The molecular formula is C26H34N4O2. The molecule has 0 spiro atoms. The van der Waals surface area contributed by atoms with E-state index in [1.165, 1.54) is 0 Å². The molecule has 32 heavy (non-hydrogen) atoms. The van der Waals surface area contributed by atoms with E-state index in [1.807, 2.05) is 66.5 Å². The molecule has 0 aromatic heterocycles. The number of amides is 2. The average Bonchev–Trinajstić information content (AvgIpc) is 3.18. The van der Waals surface area contributed by atoms with Crippen molar-refractivity contribution >= 4 is 23.2 Å². The number of unbranched alkanes of at least 4 members (excludes halogenated alkanes) is 2. The fourth-order valence-electron chi connectivity index (χ4n) is 3.78. The fourth-order valence-corrected chi connectivity index (χ4v) is 3.78. The van der Waals surface area contributed by atoms with Gasteiger partial charge in [0.2, 0.25) is 5.91 Å². The van der Waals surface area contributed by atoms with Gasteiger partial charge in [-0.25, -0.2) is 5.01 Å². The number of hydrogen-bond acceptors (Lipinski definition) is 4. The van der Waals surface area contributed by atoms with E-state index in [0.29, 0.717) is 25.1 Å². The van der Waals surface area contributed by atoms with Crippen molar-refractivity contribution in [2.75, 3.05) is 18.1 Å². The molecular weight excluding hydrogens is 400 g/mol. The highest BCUT2D eigenvalue weighted by Gasteiger charge is 2.45. The second-order valence-corrected chi connectivity index (χ2v) is 8.44. The first-order valence-corrected chi connectivity index (χ1v) is 11.6. The van der Waals surface area contributed by atoms with Crippen LogP contribution < -0.4 is 15.6 Å². The van der Waals surface area contributed by atoms with Crippen LogP contribution in [0.15, 0.2) is 59.7 Å². The van der Waals surface area contributed by atoms with Crippen LogP contribution in [0.3, 0.4) is 0 Å². The number of nitrogens with zero attached hydrogens (tertiary/aromatic N) is 2. The Labute approximate surface area is 191 Å². The predicted octanol–water partition coefficient (Wildman–Crippen LogP) is 4.51. The van der Waals surface area contributed by atoms with Crippen molar-refractivity contribution in [2.24, 2.45) is 5.10 Å². The van der Waals surface area contributed by atoms with Gasteiger partial charge in [0.05, 0.1) is 11.4 Å². The first kappa shape index (κ1) is 23.5. The predicted molar refractivity (Wildman–Crippen MR) is 130 cm³/mol. The van der Waals surface area contributed by atoms with Crippen LogP contribution in [-0.4, -0.2) is 36.2 Å². The molecule has 0 bridgehead atoms. The number of hydrogen-bond donors (Lipinski definition) is 2. The molecule has 2 aromatic rings. The van der Waals surface area contributed by atoms with Crippen LogP contribution in [0.1, 0.15) is 68.8 Å². The lowest BCUT2D eigenvalue weighted by Gasteiger charge is -2.33. The smallest absolute Gasteiger partial charge is 0.251 e. The number of rotatable bonds is 10. The van der Waals surface area contributed by atoms with Crippen molar-refractivity contribution in [2.45, 2.75) is 58.4 Å². The third-order valence-electron chi connectivity index (χ3n) is 5.80. The van der Waals surface area contributed by atoms with E-state index in [9.17, 15) is 9.59 Å². The van der Waals surface area contributed by atoms with Gasteiger partial charge in [0.1, 0.15) is 5.54 Å². The van der Waals surface area contributed by atoms with Crippen LogP contribution in [-0.2, 0) is 4.79 Å². The molecule has 1 aliphatic heterocycles. The summed E-state index contributed by atoms with van der Waals surface area (Å²) in [7, 11) is 0. The Bertz CT molecular complexity index is 940. The Morgan fingerprint density at radius 2 is 1.56 bits per heavy atom. The summed E-state index contributed by atoms with van der Waals surface area (Å²) >= 11 is 0. The molecule has 170 valence electrons. The van der Waals surface area contributed by atoms with E-state index in [4.69, 9.17) is 5.10 Å². The first-order valence-electron chi connectivity index (χ1n) is 11.6. The van der Waals surface area contributed by atoms with E-state index in [0.717, 1.165) is 42.6 Å². The standard InChI is InChI=1S/C26H34N4O2/c1-4-6-17-27-24(31)21-15-13-20(14-16-21)23-19-26(3,25(32)28-18-7-5-2)30(29-23)22-11-9-8-10-12-22/h8-16H,4-7,17-19H2,1-3H3,(H,27,31)(H,28,32). The molecule has 1 atom stereocenters. The van der Waals surface area contributed by atoms with Gasteiger partial charge in [-0.05, 0) is 49.6 Å². The zero-order valence-corrected chi connectivity index (χ0v) is 19.4. The summed E-state index contributed by atoms with van der Waals surface area (Å²) in [5.41, 5.74) is 2.44. The molecule has 0 aliphatic carbocycles. The van der Waals surface area contributed by atoms with Crippen molar-refractivity contribution < 1.29 is 9.59 Å². The van der Waals surface area contributed by atoms with Crippen LogP contribution in [0.2, 0.25) is 0 Å². The number of carbonyl (C=O) groups excluding carboxylic acids is 2. The van der Waals surface area contributed by atoms with Crippen molar-refractivity contribution in [1.29, 1.82) is 0 Å². The molecule has 2 aromatic carbocycles. The number of nitrogens with one attached hydrogen (secondary N) is 2. The highest BCUT2D eigenvalue weighted by molar-refractivity contribution is 6.09. The SMILES string of the molecule is CCCCNC(=O)c1ccc(C2=NN(c3ccccc3)C(C)(C(=O)NCCCC)C2)cc1. The molecule has 0 fully saturated rings. The van der Waals surface area contributed by atoms with E-state index >= 15 is 0 Å². The lowest BCUT2D eigenvalue weighted by molar-refractivity contribution is -0.125. The Hall–Kier alpha value is -3.15. The lowest BCUT2D eigenvalue weighted by atomic mass is 9.91. The summed E-state index contributed by atoms with van der Waals surface area (Å²) in [6.45, 7) is 7.48. The molecule has 2 N–H and O–H groups in total. The van der Waals surface area contributed by atoms with E-state index in [-0.39, 0.29) is 11.8 Å². The van der Waals surface area contributed by atoms with Crippen LogP contribution in [0.4, 0.5) is 5.69 Å². The third kappa shape index (κ3) is 5.36. The van der Waals surface area contributed by atoms with Crippen LogP contribution in [0.5, 0.6) is 0 Å². The van der Waals surface area contributed by atoms with Gasteiger partial charge >= 0.3 is 0 Å². The van der Waals surface area contributed by atoms with E-state index in [2.05, 4.69) is 24.5 Å². The quantitative estimate of drug-likeness (QED) is 0.541. The number of hydrazone groups is 1. The van der Waals surface area contributed by atoms with E-state index < -0.39 is 5.54 Å². The van der Waals surface area contributed by atoms with Gasteiger partial charge in [0, 0.05) is 25.1 Å². The van der Waals surface area contributed by atoms with Crippen LogP contribution in [0, 0.1) is 0 Å². The van der Waals surface area contributed by atoms with Crippen molar-refractivity contribution in [3.63, 3.8) is 0 Å². The first-order chi connectivity index (χ1) is 15.5. The maximum absolute atomic E-state index is 13.2. The van der Waals surface area contributed by atoms with Crippen molar-refractivity contribution in [1.82, 2.24) is 10.6 Å². The third-order valence-corrected chi connectivity index (χ3v) is 5.80. The molecule has 0 saturated carbocycles. The number of para-hydroxylation sites is 1. The minimum atomic E-state index is -0.819. The van der Waals surface area contributed by atoms with Gasteiger partial charge in [-0.1, -0.05) is 57.0 Å². The Balaban J connectivity index is 1.82. The second kappa shape index (κ2) is 10.9. The number of benzene rings is 2. The Morgan fingerprint density at radius 3 is 2.19 bits per heavy atom. The highest BCUT2D eigenvalue weighted by Crippen LogP contribution is 2.35. The topological polar surface area (TPSA) is 73.8 Å². The second-order valence-electron chi connectivity index (χ2n) is 8.44. The van der Waals surface area contributed by atoms with Gasteiger partial charge in [-0.15, -0.1) is 0 Å². The maximum Gasteiger partial charge on any atom is 0.251 e. The van der Waals surface area contributed by atoms with Crippen molar-refractivity contribution in [3.05, 3.63) is 65.7 Å². The Morgan fingerprint density at radius 1 is 0.938 bits per heavy atom. The zero-order valence-electron chi connectivity index (χ0n) is 19.4.